The van der Waals surface area contributed by atoms with Gasteiger partial charge in [0.2, 0.25) is 0 Å². The lowest BCUT2D eigenvalue weighted by molar-refractivity contribution is 0.0686. The van der Waals surface area contributed by atoms with Crippen molar-refractivity contribution in [2.24, 2.45) is 0 Å². The molecule has 0 heterocycles. The molecule has 0 unspecified atom stereocenters. The highest BCUT2D eigenvalue weighted by molar-refractivity contribution is 5.89. The van der Waals surface area contributed by atoms with E-state index in [4.69, 9.17) is 21.7 Å². The number of carboxylic acid groups (broad SMARTS) is 2. The van der Waals surface area contributed by atoms with Gasteiger partial charge in [-0.05, 0) is 60.4 Å². The zero-order valence-electron chi connectivity index (χ0n) is 11.7. The van der Waals surface area contributed by atoms with E-state index in [0.717, 1.165) is 0 Å². The van der Waals surface area contributed by atoms with Gasteiger partial charge in [-0.2, -0.15) is 0 Å². The summed E-state index contributed by atoms with van der Waals surface area (Å²) in [5.74, 6) is -2.04. The summed E-state index contributed by atoms with van der Waals surface area (Å²) in [5.41, 5.74) is 14.4. The van der Waals surface area contributed by atoms with Crippen molar-refractivity contribution in [1.29, 1.82) is 0 Å². The van der Waals surface area contributed by atoms with E-state index in [1.165, 1.54) is 24.3 Å². The third-order valence-electron chi connectivity index (χ3n) is 3.44. The number of anilines is 2. The number of carboxylic acids is 2. The zero-order valence-corrected chi connectivity index (χ0v) is 11.7. The number of hydrogen-bond acceptors (Lipinski definition) is 4. The monoisotopic (exact) mass is 300 g/mol. The molecule has 22 heavy (non-hydrogen) atoms. The van der Waals surface area contributed by atoms with Gasteiger partial charge in [-0.25, -0.2) is 9.59 Å². The summed E-state index contributed by atoms with van der Waals surface area (Å²) in [6.45, 7) is 0. The van der Waals surface area contributed by atoms with Crippen LogP contribution in [-0.4, -0.2) is 22.2 Å². The number of aromatic carboxylic acids is 2. The Labute approximate surface area is 127 Å². The Hall–Kier alpha value is -3.02. The van der Waals surface area contributed by atoms with E-state index in [1.54, 1.807) is 12.1 Å². The maximum Gasteiger partial charge on any atom is 0.335 e. The summed E-state index contributed by atoms with van der Waals surface area (Å²) in [7, 11) is 0. The first-order valence-corrected chi connectivity index (χ1v) is 6.62. The van der Waals surface area contributed by atoms with Crippen molar-refractivity contribution < 1.29 is 19.8 Å². The van der Waals surface area contributed by atoms with Crippen LogP contribution in [0.1, 0.15) is 31.8 Å². The normalized spacial score (nSPS) is 10.4. The highest BCUT2D eigenvalue weighted by Crippen LogP contribution is 2.20. The quantitative estimate of drug-likeness (QED) is 0.626. The molecule has 0 aliphatic heterocycles. The number of nitrogen functional groups attached to an aromatic ring is 2. The number of nitrogens with two attached hydrogens (primary N) is 2. The SMILES string of the molecule is Nc1ccc(C(=O)O)cc1CCc1cc(C(=O)O)ccc1N. The van der Waals surface area contributed by atoms with Crippen LogP contribution in [0, 0.1) is 0 Å². The predicted molar refractivity (Wildman–Crippen MR) is 83.0 cm³/mol. The van der Waals surface area contributed by atoms with Crippen LogP contribution >= 0.6 is 0 Å². The molecule has 2 aromatic carbocycles. The van der Waals surface area contributed by atoms with Crippen LogP contribution in [0.4, 0.5) is 11.4 Å². The molecule has 0 aliphatic carbocycles. The summed E-state index contributed by atoms with van der Waals surface area (Å²) in [6.07, 6.45) is 0.945. The number of rotatable bonds is 5. The van der Waals surface area contributed by atoms with E-state index < -0.39 is 11.9 Å². The fraction of sp³-hybridized carbons (Fsp3) is 0.125. The molecule has 0 aliphatic rings. The van der Waals surface area contributed by atoms with Gasteiger partial charge in [0.05, 0.1) is 11.1 Å². The first kappa shape index (κ1) is 15.4. The van der Waals surface area contributed by atoms with Gasteiger partial charge in [0, 0.05) is 11.4 Å². The van der Waals surface area contributed by atoms with Gasteiger partial charge in [-0.3, -0.25) is 0 Å². The van der Waals surface area contributed by atoms with Gasteiger partial charge in [0.1, 0.15) is 0 Å². The summed E-state index contributed by atoms with van der Waals surface area (Å²) >= 11 is 0. The van der Waals surface area contributed by atoms with Crippen LogP contribution < -0.4 is 11.5 Å². The standard InChI is InChI=1S/C16H16N2O4/c17-13-5-3-11(15(19)20)7-9(13)1-2-10-8-12(16(21)22)4-6-14(10)18/h3-8H,1-2,17-18H2,(H,19,20)(H,21,22). The van der Waals surface area contributed by atoms with Crippen molar-refractivity contribution in [3.05, 3.63) is 58.7 Å². The minimum absolute atomic E-state index is 0.163. The number of carbonyl (C=O) groups is 2. The van der Waals surface area contributed by atoms with E-state index in [1.807, 2.05) is 0 Å². The van der Waals surface area contributed by atoms with Gasteiger partial charge in [-0.1, -0.05) is 0 Å². The second-order valence-corrected chi connectivity index (χ2v) is 4.94. The Bertz CT molecular complexity index is 677. The lowest BCUT2D eigenvalue weighted by Crippen LogP contribution is -2.05. The molecule has 0 radical (unpaired) electrons. The van der Waals surface area contributed by atoms with Crippen LogP contribution in [0.5, 0.6) is 0 Å². The number of hydrogen-bond donors (Lipinski definition) is 4. The molecular weight excluding hydrogens is 284 g/mol. The number of aryl methyl sites for hydroxylation is 2. The Morgan fingerprint density at radius 3 is 1.45 bits per heavy atom. The summed E-state index contributed by atoms with van der Waals surface area (Å²) in [5, 5.41) is 18.0. The molecule has 0 spiro atoms. The maximum absolute atomic E-state index is 11.0. The second kappa shape index (κ2) is 6.17. The van der Waals surface area contributed by atoms with Crippen LogP contribution in [0.15, 0.2) is 36.4 Å². The Morgan fingerprint density at radius 2 is 1.14 bits per heavy atom. The lowest BCUT2D eigenvalue weighted by Gasteiger charge is -2.09. The van der Waals surface area contributed by atoms with E-state index in [2.05, 4.69) is 0 Å². The molecule has 0 bridgehead atoms. The van der Waals surface area contributed by atoms with Gasteiger partial charge >= 0.3 is 11.9 Å². The summed E-state index contributed by atoms with van der Waals surface area (Å²) < 4.78 is 0. The molecule has 0 fully saturated rings. The fourth-order valence-electron chi connectivity index (χ4n) is 2.18. The average Bonchev–Trinajstić information content (AvgIpc) is 2.47. The Morgan fingerprint density at radius 1 is 0.773 bits per heavy atom. The fourth-order valence-corrected chi connectivity index (χ4v) is 2.18. The van der Waals surface area contributed by atoms with Crippen LogP contribution in [0.2, 0.25) is 0 Å². The maximum atomic E-state index is 11.0. The van der Waals surface area contributed by atoms with Crippen LogP contribution in [0.25, 0.3) is 0 Å². The lowest BCUT2D eigenvalue weighted by atomic mass is 9.98. The van der Waals surface area contributed by atoms with E-state index >= 15 is 0 Å². The van der Waals surface area contributed by atoms with Crippen molar-refractivity contribution >= 4 is 23.3 Å². The summed E-state index contributed by atoms with van der Waals surface area (Å²) in [6, 6.07) is 9.04. The largest absolute Gasteiger partial charge is 0.478 e. The topological polar surface area (TPSA) is 127 Å². The van der Waals surface area contributed by atoms with Crippen molar-refractivity contribution in [3.63, 3.8) is 0 Å². The molecule has 2 rings (SSSR count). The third-order valence-corrected chi connectivity index (χ3v) is 3.44. The van der Waals surface area contributed by atoms with Crippen molar-refractivity contribution in [3.8, 4) is 0 Å². The Kier molecular flexibility index (Phi) is 4.31. The predicted octanol–water partition coefficient (Wildman–Crippen LogP) is 2.03. The third kappa shape index (κ3) is 3.35. The molecular formula is C16H16N2O4. The highest BCUT2D eigenvalue weighted by atomic mass is 16.4. The average molecular weight is 300 g/mol. The zero-order chi connectivity index (χ0) is 16.3. The molecule has 0 atom stereocenters. The minimum Gasteiger partial charge on any atom is -0.478 e. The molecule has 2 aromatic rings. The molecule has 6 nitrogen and oxygen atoms in total. The Balaban J connectivity index is 2.23. The van der Waals surface area contributed by atoms with Crippen LogP contribution in [0.3, 0.4) is 0 Å². The van der Waals surface area contributed by atoms with Crippen molar-refractivity contribution in [1.82, 2.24) is 0 Å². The van der Waals surface area contributed by atoms with Gasteiger partial charge in [-0.15, -0.1) is 0 Å². The van der Waals surface area contributed by atoms with E-state index in [-0.39, 0.29) is 11.1 Å². The minimum atomic E-state index is -1.02. The van der Waals surface area contributed by atoms with Gasteiger partial charge in [0.25, 0.3) is 0 Å². The molecule has 0 saturated heterocycles. The molecule has 0 amide bonds. The molecule has 0 saturated carbocycles. The van der Waals surface area contributed by atoms with Crippen molar-refractivity contribution in [2.45, 2.75) is 12.8 Å². The molecule has 6 N–H and O–H groups in total. The molecule has 0 aromatic heterocycles. The van der Waals surface area contributed by atoms with E-state index in [0.29, 0.717) is 35.3 Å². The molecule has 114 valence electrons. The smallest absolute Gasteiger partial charge is 0.335 e. The van der Waals surface area contributed by atoms with Gasteiger partial charge < -0.3 is 21.7 Å². The first-order chi connectivity index (χ1) is 10.4. The number of benzene rings is 2. The second-order valence-electron chi connectivity index (χ2n) is 4.94. The first-order valence-electron chi connectivity index (χ1n) is 6.62. The van der Waals surface area contributed by atoms with Crippen LogP contribution in [-0.2, 0) is 12.8 Å². The van der Waals surface area contributed by atoms with Gasteiger partial charge in [0.15, 0.2) is 0 Å². The summed E-state index contributed by atoms with van der Waals surface area (Å²) in [4.78, 5) is 22.0. The van der Waals surface area contributed by atoms with Crippen molar-refractivity contribution in [2.75, 3.05) is 11.5 Å². The molecule has 6 heteroatoms. The highest BCUT2D eigenvalue weighted by Gasteiger charge is 2.10. The van der Waals surface area contributed by atoms with E-state index in [9.17, 15) is 9.59 Å².